The zero-order valence-electron chi connectivity index (χ0n) is 13.0. The second kappa shape index (κ2) is 5.77. The van der Waals surface area contributed by atoms with Gasteiger partial charge in [0.2, 0.25) is 0 Å². The van der Waals surface area contributed by atoms with Crippen LogP contribution in [0.2, 0.25) is 0 Å². The van der Waals surface area contributed by atoms with E-state index in [0.717, 1.165) is 47.7 Å². The fourth-order valence-electron chi connectivity index (χ4n) is 3.21. The van der Waals surface area contributed by atoms with Gasteiger partial charge in [0.05, 0.1) is 10.2 Å². The van der Waals surface area contributed by atoms with E-state index in [2.05, 4.69) is 15.0 Å². The number of nitrogens with one attached hydrogen (secondary N) is 1. The molecule has 1 aliphatic heterocycles. The summed E-state index contributed by atoms with van der Waals surface area (Å²) in [5, 5.41) is 2.03. The first-order valence-corrected chi connectivity index (χ1v) is 8.74. The lowest BCUT2D eigenvalue weighted by Gasteiger charge is -2.31. The van der Waals surface area contributed by atoms with Crippen molar-refractivity contribution >= 4 is 27.5 Å². The fourth-order valence-corrected chi connectivity index (χ4v) is 4.00. The number of likely N-dealkylation sites (tertiary alicyclic amines) is 1. The molecule has 1 amide bonds. The molecular weight excluding hydrogens is 308 g/mol. The maximum atomic E-state index is 12.6. The molecule has 0 unspecified atom stereocenters. The number of aromatic nitrogens is 3. The van der Waals surface area contributed by atoms with Crippen molar-refractivity contribution in [2.24, 2.45) is 0 Å². The Kier molecular flexibility index (Phi) is 3.61. The summed E-state index contributed by atoms with van der Waals surface area (Å²) in [7, 11) is 0. The Labute approximate surface area is 138 Å². The van der Waals surface area contributed by atoms with Crippen LogP contribution in [0.25, 0.3) is 10.2 Å². The van der Waals surface area contributed by atoms with Crippen molar-refractivity contribution in [2.45, 2.75) is 25.7 Å². The van der Waals surface area contributed by atoms with E-state index in [9.17, 15) is 4.79 Å². The van der Waals surface area contributed by atoms with E-state index >= 15 is 0 Å². The number of hydrogen-bond donors (Lipinski definition) is 1. The quantitative estimate of drug-likeness (QED) is 0.785. The highest BCUT2D eigenvalue weighted by Gasteiger charge is 2.26. The van der Waals surface area contributed by atoms with Gasteiger partial charge in [-0.05, 0) is 43.3 Å². The first-order valence-electron chi connectivity index (χ1n) is 7.86. The van der Waals surface area contributed by atoms with Gasteiger partial charge in [-0.2, -0.15) is 0 Å². The summed E-state index contributed by atoms with van der Waals surface area (Å²) in [6.07, 6.45) is 3.73. The van der Waals surface area contributed by atoms with Crippen LogP contribution in [0.15, 0.2) is 29.8 Å². The molecule has 0 atom stereocenters. The molecule has 6 heteroatoms. The second-order valence-electron chi connectivity index (χ2n) is 5.98. The molecule has 118 valence electrons. The number of fused-ring (bicyclic) bond motifs is 1. The van der Waals surface area contributed by atoms with Crippen molar-refractivity contribution in [2.75, 3.05) is 13.1 Å². The van der Waals surface area contributed by atoms with Gasteiger partial charge >= 0.3 is 0 Å². The summed E-state index contributed by atoms with van der Waals surface area (Å²) in [6, 6.07) is 5.97. The minimum atomic E-state index is 0.103. The van der Waals surface area contributed by atoms with E-state index in [1.165, 1.54) is 0 Å². The standard InChI is InChI=1S/C17H18N4OS/c1-11-18-6-2-13(19-11)12-3-7-21(8-4-12)17(22)15-10-16-14(20-15)5-9-23-16/h2,5-6,9-10,12,20H,3-4,7-8H2,1H3. The molecule has 4 rings (SSSR count). The van der Waals surface area contributed by atoms with E-state index in [1.807, 2.05) is 41.6 Å². The zero-order chi connectivity index (χ0) is 15.8. The first-order chi connectivity index (χ1) is 11.2. The lowest BCUT2D eigenvalue weighted by atomic mass is 9.93. The minimum absolute atomic E-state index is 0.103. The van der Waals surface area contributed by atoms with Crippen LogP contribution in [0.1, 0.15) is 40.8 Å². The van der Waals surface area contributed by atoms with Crippen molar-refractivity contribution in [1.29, 1.82) is 0 Å². The van der Waals surface area contributed by atoms with E-state index in [-0.39, 0.29) is 5.91 Å². The SMILES string of the molecule is Cc1nccc(C2CCN(C(=O)c3cc4sccc4[nH]3)CC2)n1. The minimum Gasteiger partial charge on any atom is -0.350 e. The monoisotopic (exact) mass is 326 g/mol. The average Bonchev–Trinajstić information content (AvgIpc) is 3.16. The maximum Gasteiger partial charge on any atom is 0.270 e. The number of carbonyl (C=O) groups excluding carboxylic acids is 1. The van der Waals surface area contributed by atoms with Gasteiger partial charge in [0.25, 0.3) is 5.91 Å². The Bertz CT molecular complexity index is 817. The Hall–Kier alpha value is -2.21. The van der Waals surface area contributed by atoms with Crippen LogP contribution in [0, 0.1) is 6.92 Å². The van der Waals surface area contributed by atoms with Gasteiger partial charge < -0.3 is 9.88 Å². The number of thiophene rings is 1. The summed E-state index contributed by atoms with van der Waals surface area (Å²) in [5.74, 6) is 1.34. The smallest absolute Gasteiger partial charge is 0.270 e. The highest BCUT2D eigenvalue weighted by Crippen LogP contribution is 2.28. The van der Waals surface area contributed by atoms with Crippen LogP contribution in [-0.2, 0) is 0 Å². The van der Waals surface area contributed by atoms with Gasteiger partial charge in [0.1, 0.15) is 11.5 Å². The average molecular weight is 326 g/mol. The van der Waals surface area contributed by atoms with Gasteiger partial charge in [-0.15, -0.1) is 11.3 Å². The summed E-state index contributed by atoms with van der Waals surface area (Å²) in [4.78, 5) is 26.5. The number of rotatable bonds is 2. The van der Waals surface area contributed by atoms with E-state index < -0.39 is 0 Å². The number of aromatic amines is 1. The molecule has 0 radical (unpaired) electrons. The van der Waals surface area contributed by atoms with E-state index in [4.69, 9.17) is 0 Å². The van der Waals surface area contributed by atoms with Crippen LogP contribution in [0.4, 0.5) is 0 Å². The topological polar surface area (TPSA) is 61.9 Å². The van der Waals surface area contributed by atoms with Crippen molar-refractivity contribution in [3.63, 3.8) is 0 Å². The molecule has 0 spiro atoms. The summed E-state index contributed by atoms with van der Waals surface area (Å²) in [6.45, 7) is 3.47. The highest BCUT2D eigenvalue weighted by atomic mass is 32.1. The fraction of sp³-hybridized carbons (Fsp3) is 0.353. The molecule has 1 saturated heterocycles. The number of piperidine rings is 1. The van der Waals surface area contributed by atoms with Crippen LogP contribution < -0.4 is 0 Å². The van der Waals surface area contributed by atoms with Crippen molar-refractivity contribution in [3.05, 3.63) is 47.0 Å². The largest absolute Gasteiger partial charge is 0.350 e. The number of carbonyl (C=O) groups is 1. The van der Waals surface area contributed by atoms with Gasteiger partial charge in [0.15, 0.2) is 0 Å². The molecule has 5 nitrogen and oxygen atoms in total. The second-order valence-corrected chi connectivity index (χ2v) is 6.92. The van der Waals surface area contributed by atoms with Crippen molar-refractivity contribution in [1.82, 2.24) is 19.9 Å². The van der Waals surface area contributed by atoms with Gasteiger partial charge in [-0.1, -0.05) is 0 Å². The van der Waals surface area contributed by atoms with Crippen molar-refractivity contribution < 1.29 is 4.79 Å². The molecule has 0 aliphatic carbocycles. The molecule has 3 aromatic rings. The normalized spacial score (nSPS) is 16.1. The lowest BCUT2D eigenvalue weighted by Crippen LogP contribution is -2.38. The Morgan fingerprint density at radius 1 is 1.35 bits per heavy atom. The summed E-state index contributed by atoms with van der Waals surface area (Å²) >= 11 is 1.66. The molecule has 1 aliphatic rings. The first kappa shape index (κ1) is 14.4. The molecule has 0 saturated carbocycles. The Morgan fingerprint density at radius 3 is 2.91 bits per heavy atom. The molecule has 3 aromatic heterocycles. The van der Waals surface area contributed by atoms with Crippen LogP contribution in [-0.4, -0.2) is 38.8 Å². The Balaban J connectivity index is 1.44. The van der Waals surface area contributed by atoms with E-state index in [0.29, 0.717) is 11.6 Å². The zero-order valence-corrected chi connectivity index (χ0v) is 13.8. The highest BCUT2D eigenvalue weighted by molar-refractivity contribution is 7.17. The van der Waals surface area contributed by atoms with Gasteiger partial charge in [-0.25, -0.2) is 9.97 Å². The molecule has 1 N–H and O–H groups in total. The molecule has 4 heterocycles. The third-order valence-corrected chi connectivity index (χ3v) is 5.33. The maximum absolute atomic E-state index is 12.6. The molecule has 1 fully saturated rings. The van der Waals surface area contributed by atoms with Gasteiger partial charge in [-0.3, -0.25) is 4.79 Å². The number of aryl methyl sites for hydroxylation is 1. The lowest BCUT2D eigenvalue weighted by molar-refractivity contribution is 0.0707. The molecule has 0 aromatic carbocycles. The number of amides is 1. The summed E-state index contributed by atoms with van der Waals surface area (Å²) in [5.41, 5.74) is 2.85. The number of nitrogens with zero attached hydrogens (tertiary/aromatic N) is 3. The molecular formula is C17H18N4OS. The third-order valence-electron chi connectivity index (χ3n) is 4.47. The van der Waals surface area contributed by atoms with Gasteiger partial charge in [0, 0.05) is 30.9 Å². The summed E-state index contributed by atoms with van der Waals surface area (Å²) < 4.78 is 1.14. The predicted molar refractivity (Wildman–Crippen MR) is 90.8 cm³/mol. The Morgan fingerprint density at radius 2 is 2.17 bits per heavy atom. The van der Waals surface area contributed by atoms with Crippen LogP contribution in [0.5, 0.6) is 0 Å². The van der Waals surface area contributed by atoms with E-state index in [1.54, 1.807) is 11.3 Å². The number of H-pyrrole nitrogens is 1. The van der Waals surface area contributed by atoms with Crippen LogP contribution in [0.3, 0.4) is 0 Å². The van der Waals surface area contributed by atoms with Crippen molar-refractivity contribution in [3.8, 4) is 0 Å². The number of hydrogen-bond acceptors (Lipinski definition) is 4. The molecule has 23 heavy (non-hydrogen) atoms. The predicted octanol–water partition coefficient (Wildman–Crippen LogP) is 3.35. The molecule has 0 bridgehead atoms. The third kappa shape index (κ3) is 2.74. The van der Waals surface area contributed by atoms with Crippen LogP contribution >= 0.6 is 11.3 Å².